The fourth-order valence-corrected chi connectivity index (χ4v) is 2.71. The lowest BCUT2D eigenvalue weighted by Crippen LogP contribution is -2.17. The van der Waals surface area contributed by atoms with E-state index in [1.807, 2.05) is 32.0 Å². The molecule has 0 saturated heterocycles. The molecular weight excluding hydrogens is 340 g/mol. The molecule has 0 atom stereocenters. The molecule has 5 nitrogen and oxygen atoms in total. The molecule has 6 heteroatoms. The Hall–Kier alpha value is -2.40. The van der Waals surface area contributed by atoms with Crippen LogP contribution < -0.4 is 20.1 Å². The number of carbonyl (C=O) groups excluding carboxylic acids is 1. The quantitative estimate of drug-likeness (QED) is 0.765. The standard InChI is InChI=1S/C19H23ClN2O3/c1-12-5-6-15(13(2)9-12)22-19(23)7-8-21-16-11-17(24-3)14(20)10-18(16)25-4/h5-6,9-11,21H,7-8H2,1-4H3,(H,22,23). The van der Waals surface area contributed by atoms with Gasteiger partial charge in [0.2, 0.25) is 5.91 Å². The maximum atomic E-state index is 12.1. The molecule has 25 heavy (non-hydrogen) atoms. The molecule has 2 rings (SSSR count). The van der Waals surface area contributed by atoms with Crippen LogP contribution in [-0.2, 0) is 4.79 Å². The maximum Gasteiger partial charge on any atom is 0.226 e. The second-order valence-corrected chi connectivity index (χ2v) is 6.14. The number of aryl methyl sites for hydroxylation is 2. The Bertz CT molecular complexity index is 763. The molecule has 0 radical (unpaired) electrons. The third kappa shape index (κ3) is 5.03. The average Bonchev–Trinajstić information content (AvgIpc) is 2.58. The van der Waals surface area contributed by atoms with Gasteiger partial charge in [0.1, 0.15) is 11.5 Å². The smallest absolute Gasteiger partial charge is 0.226 e. The Kier molecular flexibility index (Phi) is 6.53. The largest absolute Gasteiger partial charge is 0.495 e. The summed E-state index contributed by atoms with van der Waals surface area (Å²) < 4.78 is 10.5. The molecule has 2 aromatic carbocycles. The van der Waals surface area contributed by atoms with Crippen LogP contribution in [-0.4, -0.2) is 26.7 Å². The summed E-state index contributed by atoms with van der Waals surface area (Å²) in [7, 11) is 3.12. The van der Waals surface area contributed by atoms with E-state index < -0.39 is 0 Å². The van der Waals surface area contributed by atoms with E-state index in [1.165, 1.54) is 5.56 Å². The van der Waals surface area contributed by atoms with Crippen molar-refractivity contribution in [2.75, 3.05) is 31.4 Å². The van der Waals surface area contributed by atoms with Crippen molar-refractivity contribution in [2.24, 2.45) is 0 Å². The summed E-state index contributed by atoms with van der Waals surface area (Å²) >= 11 is 6.08. The van der Waals surface area contributed by atoms with Gasteiger partial charge in [-0.05, 0) is 25.5 Å². The molecule has 0 fully saturated rings. The molecule has 0 heterocycles. The normalized spacial score (nSPS) is 10.3. The van der Waals surface area contributed by atoms with Gasteiger partial charge in [0, 0.05) is 30.8 Å². The number of anilines is 2. The van der Waals surface area contributed by atoms with Gasteiger partial charge in [-0.3, -0.25) is 4.79 Å². The lowest BCUT2D eigenvalue weighted by molar-refractivity contribution is -0.115. The third-order valence-electron chi connectivity index (χ3n) is 3.80. The first-order valence-electron chi connectivity index (χ1n) is 7.97. The molecule has 0 aliphatic rings. The first-order valence-corrected chi connectivity index (χ1v) is 8.35. The van der Waals surface area contributed by atoms with Gasteiger partial charge < -0.3 is 20.1 Å². The van der Waals surface area contributed by atoms with Crippen molar-refractivity contribution >= 4 is 28.9 Å². The molecule has 0 unspecified atom stereocenters. The SMILES string of the molecule is COc1cc(NCCC(=O)Nc2ccc(C)cc2C)c(OC)cc1Cl. The van der Waals surface area contributed by atoms with Gasteiger partial charge in [-0.15, -0.1) is 0 Å². The van der Waals surface area contributed by atoms with E-state index >= 15 is 0 Å². The monoisotopic (exact) mass is 362 g/mol. The number of amides is 1. The Morgan fingerprint density at radius 1 is 1.04 bits per heavy atom. The zero-order valence-electron chi connectivity index (χ0n) is 14.9. The molecule has 1 amide bonds. The van der Waals surface area contributed by atoms with Crippen LogP contribution in [0.4, 0.5) is 11.4 Å². The second kappa shape index (κ2) is 8.62. The minimum Gasteiger partial charge on any atom is -0.495 e. The van der Waals surface area contributed by atoms with Gasteiger partial charge in [-0.2, -0.15) is 0 Å². The van der Waals surface area contributed by atoms with Gasteiger partial charge in [0.15, 0.2) is 0 Å². The summed E-state index contributed by atoms with van der Waals surface area (Å²) in [4.78, 5) is 12.1. The van der Waals surface area contributed by atoms with E-state index in [-0.39, 0.29) is 5.91 Å². The Morgan fingerprint density at radius 2 is 1.76 bits per heavy atom. The number of rotatable bonds is 7. The van der Waals surface area contributed by atoms with Crippen molar-refractivity contribution in [1.82, 2.24) is 0 Å². The molecule has 0 aromatic heterocycles. The third-order valence-corrected chi connectivity index (χ3v) is 4.09. The zero-order chi connectivity index (χ0) is 18.4. The minimum absolute atomic E-state index is 0.0562. The van der Waals surface area contributed by atoms with Crippen LogP contribution in [0.15, 0.2) is 30.3 Å². The lowest BCUT2D eigenvalue weighted by Gasteiger charge is -2.14. The first-order chi connectivity index (χ1) is 11.9. The zero-order valence-corrected chi connectivity index (χ0v) is 15.7. The molecule has 2 aromatic rings. The summed E-state index contributed by atoms with van der Waals surface area (Å²) in [5.74, 6) is 1.09. The van der Waals surface area contributed by atoms with Crippen LogP contribution >= 0.6 is 11.6 Å². The summed E-state index contributed by atoms with van der Waals surface area (Å²) in [5.41, 5.74) is 3.77. The average molecular weight is 363 g/mol. The number of benzene rings is 2. The van der Waals surface area contributed by atoms with Crippen molar-refractivity contribution < 1.29 is 14.3 Å². The van der Waals surface area contributed by atoms with E-state index in [4.69, 9.17) is 21.1 Å². The molecular formula is C19H23ClN2O3. The fourth-order valence-electron chi connectivity index (χ4n) is 2.48. The van der Waals surface area contributed by atoms with Crippen molar-refractivity contribution in [3.8, 4) is 11.5 Å². The Balaban J connectivity index is 1.95. The molecule has 134 valence electrons. The van der Waals surface area contributed by atoms with Gasteiger partial charge in [-0.1, -0.05) is 29.3 Å². The molecule has 0 aliphatic carbocycles. The summed E-state index contributed by atoms with van der Waals surface area (Å²) in [6.07, 6.45) is 0.321. The van der Waals surface area contributed by atoms with Crippen LogP contribution in [0.5, 0.6) is 11.5 Å². The highest BCUT2D eigenvalue weighted by atomic mass is 35.5. The summed E-state index contributed by atoms with van der Waals surface area (Å²) in [6, 6.07) is 9.37. The van der Waals surface area contributed by atoms with Crippen molar-refractivity contribution in [1.29, 1.82) is 0 Å². The van der Waals surface area contributed by atoms with E-state index in [9.17, 15) is 4.79 Å². The highest BCUT2D eigenvalue weighted by molar-refractivity contribution is 6.32. The van der Waals surface area contributed by atoms with E-state index in [2.05, 4.69) is 10.6 Å². The van der Waals surface area contributed by atoms with Crippen molar-refractivity contribution in [3.05, 3.63) is 46.5 Å². The van der Waals surface area contributed by atoms with Crippen molar-refractivity contribution in [3.63, 3.8) is 0 Å². The highest BCUT2D eigenvalue weighted by Gasteiger charge is 2.10. The Morgan fingerprint density at radius 3 is 2.40 bits per heavy atom. The summed E-state index contributed by atoms with van der Waals surface area (Å²) in [5, 5.41) is 6.58. The minimum atomic E-state index is -0.0562. The number of nitrogens with one attached hydrogen (secondary N) is 2. The molecule has 2 N–H and O–H groups in total. The first kappa shape index (κ1) is 18.9. The number of hydrogen-bond acceptors (Lipinski definition) is 4. The van der Waals surface area contributed by atoms with Crippen molar-refractivity contribution in [2.45, 2.75) is 20.3 Å². The predicted octanol–water partition coefficient (Wildman–Crippen LogP) is 4.41. The van der Waals surface area contributed by atoms with Crippen LogP contribution in [0.2, 0.25) is 5.02 Å². The summed E-state index contributed by atoms with van der Waals surface area (Å²) in [6.45, 7) is 4.46. The highest BCUT2D eigenvalue weighted by Crippen LogP contribution is 2.35. The van der Waals surface area contributed by atoms with Gasteiger partial charge in [0.25, 0.3) is 0 Å². The van der Waals surface area contributed by atoms with Crippen LogP contribution in [0, 0.1) is 13.8 Å². The molecule has 0 bridgehead atoms. The van der Waals surface area contributed by atoms with Gasteiger partial charge in [0.05, 0.1) is 24.9 Å². The van der Waals surface area contributed by atoms with Crippen LogP contribution in [0.1, 0.15) is 17.5 Å². The van der Waals surface area contributed by atoms with Crippen LogP contribution in [0.3, 0.4) is 0 Å². The van der Waals surface area contributed by atoms with Crippen LogP contribution in [0.25, 0.3) is 0 Å². The van der Waals surface area contributed by atoms with Gasteiger partial charge in [-0.25, -0.2) is 0 Å². The second-order valence-electron chi connectivity index (χ2n) is 5.73. The molecule has 0 aliphatic heterocycles. The number of halogens is 1. The molecule has 0 saturated carbocycles. The Labute approximate surface area is 153 Å². The molecule has 0 spiro atoms. The number of hydrogen-bond donors (Lipinski definition) is 2. The van der Waals surface area contributed by atoms with E-state index in [0.29, 0.717) is 29.5 Å². The number of ether oxygens (including phenoxy) is 2. The van der Waals surface area contributed by atoms with E-state index in [0.717, 1.165) is 16.9 Å². The number of carbonyl (C=O) groups is 1. The topological polar surface area (TPSA) is 59.6 Å². The lowest BCUT2D eigenvalue weighted by atomic mass is 10.1. The number of methoxy groups -OCH3 is 2. The fraction of sp³-hybridized carbons (Fsp3) is 0.316. The van der Waals surface area contributed by atoms with E-state index in [1.54, 1.807) is 26.4 Å². The predicted molar refractivity (Wildman–Crippen MR) is 102 cm³/mol. The van der Waals surface area contributed by atoms with Gasteiger partial charge >= 0.3 is 0 Å². The maximum absolute atomic E-state index is 12.1.